The topological polar surface area (TPSA) is 56.1 Å². The maximum atomic E-state index is 12.7. The minimum absolute atomic E-state index is 0.0906. The summed E-state index contributed by atoms with van der Waals surface area (Å²) in [5, 5.41) is 3.03. The molecule has 4 aromatic rings. The third kappa shape index (κ3) is 4.77. The average molecular weight is 414 g/mol. The van der Waals surface area contributed by atoms with Gasteiger partial charge in [-0.2, -0.15) is 0 Å². The van der Waals surface area contributed by atoms with E-state index in [4.69, 9.17) is 9.72 Å². The van der Waals surface area contributed by atoms with E-state index in [-0.39, 0.29) is 5.91 Å². The SMILES string of the molecule is Cc1cccc(OCCn2c(CNC(=O)c3ccc(C)cc3C)nc3ccccc32)c1. The van der Waals surface area contributed by atoms with Crippen molar-refractivity contribution in [2.24, 2.45) is 0 Å². The number of para-hydroxylation sites is 2. The van der Waals surface area contributed by atoms with Crippen molar-refractivity contribution in [2.75, 3.05) is 6.61 Å². The minimum atomic E-state index is -0.0906. The smallest absolute Gasteiger partial charge is 0.251 e. The van der Waals surface area contributed by atoms with Gasteiger partial charge in [0.1, 0.15) is 18.2 Å². The van der Waals surface area contributed by atoms with Gasteiger partial charge >= 0.3 is 0 Å². The van der Waals surface area contributed by atoms with Crippen LogP contribution < -0.4 is 10.1 Å². The lowest BCUT2D eigenvalue weighted by atomic mass is 10.1. The van der Waals surface area contributed by atoms with Gasteiger partial charge in [0, 0.05) is 5.56 Å². The second-order valence-electron chi connectivity index (χ2n) is 7.83. The van der Waals surface area contributed by atoms with Crippen LogP contribution in [0.3, 0.4) is 0 Å². The Hall–Kier alpha value is -3.60. The number of imidazole rings is 1. The van der Waals surface area contributed by atoms with Crippen molar-refractivity contribution < 1.29 is 9.53 Å². The zero-order valence-electron chi connectivity index (χ0n) is 18.2. The van der Waals surface area contributed by atoms with Crippen LogP contribution in [0.2, 0.25) is 0 Å². The van der Waals surface area contributed by atoms with Gasteiger partial charge in [0.25, 0.3) is 5.91 Å². The van der Waals surface area contributed by atoms with Crippen molar-refractivity contribution in [1.29, 1.82) is 0 Å². The molecule has 3 aromatic carbocycles. The molecule has 0 spiro atoms. The molecule has 0 radical (unpaired) electrons. The molecule has 1 N–H and O–H groups in total. The van der Waals surface area contributed by atoms with Gasteiger partial charge in [0.05, 0.1) is 24.1 Å². The fourth-order valence-corrected chi connectivity index (χ4v) is 3.79. The van der Waals surface area contributed by atoms with Gasteiger partial charge in [0.15, 0.2) is 0 Å². The normalized spacial score (nSPS) is 10.9. The molecule has 0 aliphatic rings. The fraction of sp³-hybridized carbons (Fsp3) is 0.231. The lowest BCUT2D eigenvalue weighted by Crippen LogP contribution is -2.26. The van der Waals surface area contributed by atoms with E-state index in [9.17, 15) is 4.79 Å². The molecule has 1 amide bonds. The summed E-state index contributed by atoms with van der Waals surface area (Å²) in [4.78, 5) is 17.5. The lowest BCUT2D eigenvalue weighted by Gasteiger charge is -2.12. The van der Waals surface area contributed by atoms with Crippen molar-refractivity contribution in [3.8, 4) is 5.75 Å². The van der Waals surface area contributed by atoms with Gasteiger partial charge in [-0.05, 0) is 62.2 Å². The number of fused-ring (bicyclic) bond motifs is 1. The molecule has 31 heavy (non-hydrogen) atoms. The molecule has 5 nitrogen and oxygen atoms in total. The first-order valence-electron chi connectivity index (χ1n) is 10.5. The van der Waals surface area contributed by atoms with E-state index >= 15 is 0 Å². The molecule has 1 heterocycles. The molecule has 0 unspecified atom stereocenters. The van der Waals surface area contributed by atoms with Crippen molar-refractivity contribution in [1.82, 2.24) is 14.9 Å². The Morgan fingerprint density at radius 2 is 1.77 bits per heavy atom. The summed E-state index contributed by atoms with van der Waals surface area (Å²) in [5.74, 6) is 1.58. The Bertz CT molecular complexity index is 1230. The molecule has 0 fully saturated rings. The summed E-state index contributed by atoms with van der Waals surface area (Å²) in [5.41, 5.74) is 5.92. The molecule has 0 bridgehead atoms. The first-order chi connectivity index (χ1) is 15.0. The summed E-state index contributed by atoms with van der Waals surface area (Å²) in [6.07, 6.45) is 0. The fourth-order valence-electron chi connectivity index (χ4n) is 3.79. The van der Waals surface area contributed by atoms with E-state index in [0.717, 1.165) is 33.7 Å². The van der Waals surface area contributed by atoms with Crippen LogP contribution in [0.25, 0.3) is 11.0 Å². The number of ether oxygens (including phenoxy) is 1. The molecular formula is C26H27N3O2. The maximum absolute atomic E-state index is 12.7. The van der Waals surface area contributed by atoms with E-state index in [0.29, 0.717) is 25.3 Å². The standard InChI is InChI=1S/C26H27N3O2/c1-18-7-6-8-21(16-18)31-14-13-29-24-10-5-4-9-23(24)28-25(29)17-27-26(30)22-12-11-19(2)15-20(22)3/h4-12,15-16H,13-14,17H2,1-3H3,(H,27,30). The van der Waals surface area contributed by atoms with Gasteiger partial charge in [-0.25, -0.2) is 4.98 Å². The maximum Gasteiger partial charge on any atom is 0.251 e. The zero-order chi connectivity index (χ0) is 21.8. The van der Waals surface area contributed by atoms with E-state index in [1.807, 2.05) is 87.5 Å². The number of hydrogen-bond acceptors (Lipinski definition) is 3. The van der Waals surface area contributed by atoms with Crippen LogP contribution in [0.5, 0.6) is 5.75 Å². The summed E-state index contributed by atoms with van der Waals surface area (Å²) in [6, 6.07) is 21.9. The molecule has 0 saturated heterocycles. The highest BCUT2D eigenvalue weighted by atomic mass is 16.5. The van der Waals surface area contributed by atoms with Crippen LogP contribution in [0.4, 0.5) is 0 Å². The number of benzene rings is 3. The molecule has 1 aromatic heterocycles. The number of amides is 1. The van der Waals surface area contributed by atoms with Crippen molar-refractivity contribution >= 4 is 16.9 Å². The van der Waals surface area contributed by atoms with Gasteiger partial charge in [-0.1, -0.05) is 42.0 Å². The largest absolute Gasteiger partial charge is 0.492 e. The molecule has 4 rings (SSSR count). The summed E-state index contributed by atoms with van der Waals surface area (Å²) in [7, 11) is 0. The summed E-state index contributed by atoms with van der Waals surface area (Å²) in [6.45, 7) is 7.54. The number of nitrogens with one attached hydrogen (secondary N) is 1. The third-order valence-corrected chi connectivity index (χ3v) is 5.34. The lowest BCUT2D eigenvalue weighted by molar-refractivity contribution is 0.0949. The van der Waals surface area contributed by atoms with Crippen LogP contribution >= 0.6 is 0 Å². The quantitative estimate of drug-likeness (QED) is 0.465. The van der Waals surface area contributed by atoms with Gasteiger partial charge in [-0.15, -0.1) is 0 Å². The van der Waals surface area contributed by atoms with Crippen LogP contribution in [0.15, 0.2) is 66.7 Å². The van der Waals surface area contributed by atoms with Gasteiger partial charge < -0.3 is 14.6 Å². The predicted octanol–water partition coefficient (Wildman–Crippen LogP) is 4.97. The number of hydrogen-bond donors (Lipinski definition) is 1. The number of carbonyl (C=O) groups excluding carboxylic acids is 1. The molecule has 158 valence electrons. The Morgan fingerprint density at radius 3 is 2.58 bits per heavy atom. The van der Waals surface area contributed by atoms with Gasteiger partial charge in [0.2, 0.25) is 0 Å². The van der Waals surface area contributed by atoms with Crippen LogP contribution in [0, 0.1) is 20.8 Å². The highest BCUT2D eigenvalue weighted by molar-refractivity contribution is 5.95. The van der Waals surface area contributed by atoms with Crippen molar-refractivity contribution in [3.05, 3.63) is 94.8 Å². The van der Waals surface area contributed by atoms with Crippen LogP contribution in [-0.2, 0) is 13.1 Å². The molecule has 0 aliphatic carbocycles. The minimum Gasteiger partial charge on any atom is -0.492 e. The molecular weight excluding hydrogens is 386 g/mol. The first kappa shape index (κ1) is 20.7. The number of aryl methyl sites for hydroxylation is 3. The second-order valence-corrected chi connectivity index (χ2v) is 7.83. The van der Waals surface area contributed by atoms with Crippen LogP contribution in [-0.4, -0.2) is 22.1 Å². The summed E-state index contributed by atoms with van der Waals surface area (Å²) >= 11 is 0. The van der Waals surface area contributed by atoms with Crippen LogP contribution in [0.1, 0.15) is 32.9 Å². The monoisotopic (exact) mass is 413 g/mol. The van der Waals surface area contributed by atoms with E-state index in [1.165, 1.54) is 5.56 Å². The molecule has 5 heteroatoms. The van der Waals surface area contributed by atoms with E-state index < -0.39 is 0 Å². The number of rotatable bonds is 7. The average Bonchev–Trinajstić information content (AvgIpc) is 3.10. The first-order valence-corrected chi connectivity index (χ1v) is 10.5. The predicted molar refractivity (Wildman–Crippen MR) is 123 cm³/mol. The number of aromatic nitrogens is 2. The Kier molecular flexibility index (Phi) is 6.03. The number of carbonyl (C=O) groups is 1. The second kappa shape index (κ2) is 9.04. The Labute approximate surface area is 182 Å². The summed E-state index contributed by atoms with van der Waals surface area (Å²) < 4.78 is 8.07. The van der Waals surface area contributed by atoms with Gasteiger partial charge in [-0.3, -0.25) is 4.79 Å². The highest BCUT2D eigenvalue weighted by Crippen LogP contribution is 2.18. The Balaban J connectivity index is 1.50. The third-order valence-electron chi connectivity index (χ3n) is 5.34. The number of nitrogens with zero attached hydrogens (tertiary/aromatic N) is 2. The molecule has 0 aliphatic heterocycles. The van der Waals surface area contributed by atoms with E-state index in [1.54, 1.807) is 0 Å². The zero-order valence-corrected chi connectivity index (χ0v) is 18.2. The molecule has 0 saturated carbocycles. The Morgan fingerprint density at radius 1 is 0.968 bits per heavy atom. The van der Waals surface area contributed by atoms with Crippen molar-refractivity contribution in [2.45, 2.75) is 33.9 Å². The van der Waals surface area contributed by atoms with E-state index in [2.05, 4.69) is 9.88 Å². The molecule has 0 atom stereocenters. The highest BCUT2D eigenvalue weighted by Gasteiger charge is 2.14. The van der Waals surface area contributed by atoms with Crippen molar-refractivity contribution in [3.63, 3.8) is 0 Å².